The fraction of sp³-hybridized carbons (Fsp3) is 0.778. The number of carboxylic acids is 1. The first-order valence-corrected chi connectivity index (χ1v) is 41.7. The molecule has 37 atom stereocenters. The van der Waals surface area contributed by atoms with Crippen LogP contribution in [0.4, 0.5) is 5.95 Å². The topological polar surface area (TPSA) is 744 Å². The van der Waals surface area contributed by atoms with Crippen LogP contribution in [0.5, 0.6) is 0 Å². The molecule has 0 radical (unpaired) electrons. The minimum absolute atomic E-state index is 0.0396. The van der Waals surface area contributed by atoms with Gasteiger partial charge in [-0.05, 0) is 55.3 Å². The number of aromatic nitrogens is 3. The highest BCUT2D eigenvalue weighted by Crippen LogP contribution is 2.40. The minimum atomic E-state index is -2.29. The molecule has 690 valence electrons. The number of nitrogen functional groups attached to an aromatic ring is 1. The van der Waals surface area contributed by atoms with Crippen molar-refractivity contribution in [3.8, 4) is 0 Å². The van der Waals surface area contributed by atoms with Gasteiger partial charge in [0.25, 0.3) is 11.5 Å². The highest BCUT2D eigenvalue weighted by molar-refractivity contribution is 7.99. The quantitative estimate of drug-likeness (QED) is 0.0227. The van der Waals surface area contributed by atoms with Crippen molar-refractivity contribution in [2.75, 3.05) is 95.2 Å². The number of ether oxygens (including phenoxy) is 16. The Morgan fingerprint density at radius 2 is 0.877 bits per heavy atom. The summed E-state index contributed by atoms with van der Waals surface area (Å²) in [4.78, 5) is 73.9. The number of aliphatic hydroxyl groups excluding tert-OH is 19. The number of rotatable bonds is 29. The number of aryl methyl sites for hydroxylation is 2. The Labute approximate surface area is 701 Å². The summed E-state index contributed by atoms with van der Waals surface area (Å²) in [5, 5.41) is 235. The number of aromatic amines is 2. The van der Waals surface area contributed by atoms with Crippen molar-refractivity contribution in [3.05, 3.63) is 57.5 Å². The number of nitrogens with zero attached hydrogens (tertiary/aromatic N) is 1. The number of aliphatic hydroxyl groups is 19. The van der Waals surface area contributed by atoms with E-state index < -0.39 is 296 Å². The van der Waals surface area contributed by atoms with Crippen molar-refractivity contribution < 1.29 is 197 Å². The fourth-order valence-corrected chi connectivity index (χ4v) is 17.1. The third-order valence-corrected chi connectivity index (χ3v) is 24.0. The van der Waals surface area contributed by atoms with Crippen LogP contribution in [0, 0.1) is 0 Å². The van der Waals surface area contributed by atoms with E-state index in [0.717, 1.165) is 17.3 Å². The molecule has 2 amide bonds. The smallest absolute Gasteiger partial charge is 0.328 e. The van der Waals surface area contributed by atoms with Gasteiger partial charge in [0.1, 0.15) is 177 Å². The van der Waals surface area contributed by atoms with Crippen molar-refractivity contribution in [3.63, 3.8) is 0 Å². The lowest BCUT2D eigenvalue weighted by Crippen LogP contribution is -2.68. The average Bonchev–Trinajstić information content (AvgIpc) is 0.940. The molecule has 1 aromatic carbocycles. The number of fused-ring (bicyclic) bond motifs is 1. The van der Waals surface area contributed by atoms with Gasteiger partial charge < -0.3 is 205 Å². The zero-order valence-electron chi connectivity index (χ0n) is 65.6. The van der Waals surface area contributed by atoms with Crippen molar-refractivity contribution in [1.82, 2.24) is 30.9 Å². The second-order valence-electron chi connectivity index (χ2n) is 30.0. The van der Waals surface area contributed by atoms with Crippen molar-refractivity contribution in [1.29, 1.82) is 0 Å². The maximum Gasteiger partial charge on any atom is 0.328 e. The van der Waals surface area contributed by atoms with E-state index in [1.165, 1.54) is 30.9 Å². The number of hydrogen-bond donors (Lipinski definition) is 26. The Bertz CT molecular complexity index is 3870. The number of esters is 1. The van der Waals surface area contributed by atoms with Crippen molar-refractivity contribution in [2.24, 2.45) is 0 Å². The number of carboxylic acid groups (broad SMARTS) is 1. The molecule has 14 bridgehead atoms. The molecular weight excluding hydrogens is 1680 g/mol. The van der Waals surface area contributed by atoms with E-state index in [1.807, 2.05) is 0 Å². The Balaban J connectivity index is 0.753. The number of aliphatic carboxylic acids is 1. The van der Waals surface area contributed by atoms with Gasteiger partial charge in [0, 0.05) is 42.0 Å². The zero-order chi connectivity index (χ0) is 88.2. The van der Waals surface area contributed by atoms with E-state index >= 15 is 0 Å². The zero-order valence-corrected chi connectivity index (χ0v) is 67.3. The van der Waals surface area contributed by atoms with Crippen LogP contribution < -0.4 is 27.2 Å². The maximum atomic E-state index is 13.7. The highest BCUT2D eigenvalue weighted by atomic mass is 32.2. The molecule has 21 aliphatic rings. The summed E-state index contributed by atoms with van der Waals surface area (Å²) in [5.41, 5.74) is 7.23. The van der Waals surface area contributed by atoms with Gasteiger partial charge in [-0.25, -0.2) is 4.79 Å². The Morgan fingerprint density at radius 1 is 0.500 bits per heavy atom. The van der Waals surface area contributed by atoms with Gasteiger partial charge in [-0.2, -0.15) is 28.5 Å². The lowest BCUT2D eigenvalue weighted by Gasteiger charge is -2.50. The molecule has 21 saturated heterocycles. The first-order chi connectivity index (χ1) is 58.4. The van der Waals surface area contributed by atoms with E-state index in [1.54, 1.807) is 25.3 Å². The summed E-state index contributed by atoms with van der Waals surface area (Å²) in [7, 11) is 1.43. The van der Waals surface area contributed by atoms with Gasteiger partial charge in [-0.3, -0.25) is 24.2 Å². The number of hydrogen-bond acceptors (Lipinski definition) is 45. The molecule has 48 nitrogen and oxygen atoms in total. The summed E-state index contributed by atoms with van der Waals surface area (Å²) >= 11 is 2.14. The van der Waals surface area contributed by atoms with Crippen LogP contribution in [-0.2, 0) is 103 Å². The lowest BCUT2D eigenvalue weighted by atomic mass is 9.95. The van der Waals surface area contributed by atoms with Crippen molar-refractivity contribution >= 4 is 64.3 Å². The normalized spacial score (nSPS) is 39.7. The monoisotopic (exact) mass is 1790 g/mol. The van der Waals surface area contributed by atoms with E-state index in [9.17, 15) is 126 Å². The third-order valence-electron chi connectivity index (χ3n) is 21.9. The largest absolute Gasteiger partial charge is 0.481 e. The molecule has 21 fully saturated rings. The number of amides is 2. The number of carbonyl (C=O) groups excluding carboxylic acids is 3. The highest BCUT2D eigenvalue weighted by Gasteiger charge is 2.60. The van der Waals surface area contributed by atoms with Crippen LogP contribution in [0.3, 0.4) is 0 Å². The number of carbonyl (C=O) groups is 4. The van der Waals surface area contributed by atoms with Gasteiger partial charge in [0.15, 0.2) is 44.0 Å². The number of likely N-dealkylation sites (N-methyl/N-ethyl adjacent to an activating group) is 1. The molecule has 50 heteroatoms. The molecule has 3 aromatic rings. The van der Waals surface area contributed by atoms with Gasteiger partial charge >= 0.3 is 11.9 Å². The fourth-order valence-electron chi connectivity index (χ4n) is 15.2. The molecule has 23 heterocycles. The minimum Gasteiger partial charge on any atom is -0.481 e. The number of H-pyrrole nitrogens is 2. The van der Waals surface area contributed by atoms with Gasteiger partial charge in [-0.15, -0.1) is 0 Å². The van der Waals surface area contributed by atoms with Crippen LogP contribution in [0.1, 0.15) is 41.3 Å². The number of anilines is 1. The van der Waals surface area contributed by atoms with Crippen LogP contribution >= 0.6 is 23.5 Å². The average molecular weight is 1790 g/mol. The predicted molar refractivity (Wildman–Crippen MR) is 405 cm³/mol. The molecule has 0 spiro atoms. The van der Waals surface area contributed by atoms with E-state index in [-0.39, 0.29) is 61.6 Å². The second-order valence-corrected chi connectivity index (χ2v) is 32.4. The summed E-state index contributed by atoms with van der Waals surface area (Å²) in [6.07, 6.45) is -68.7. The number of thioether (sulfide) groups is 2. The summed E-state index contributed by atoms with van der Waals surface area (Å²) in [5.74, 6) is -3.75. The first-order valence-electron chi connectivity index (χ1n) is 39.4. The number of nitrogens with one attached hydrogen (secondary N) is 5. The molecule has 0 saturated carbocycles. The first kappa shape index (κ1) is 97.2. The van der Waals surface area contributed by atoms with E-state index in [0.29, 0.717) is 35.2 Å². The van der Waals surface area contributed by atoms with Gasteiger partial charge in [0.2, 0.25) is 11.9 Å². The van der Waals surface area contributed by atoms with Crippen LogP contribution in [0.15, 0.2) is 35.3 Å². The lowest BCUT2D eigenvalue weighted by molar-refractivity contribution is -0.395. The van der Waals surface area contributed by atoms with Crippen molar-refractivity contribution in [2.45, 2.75) is 260 Å². The van der Waals surface area contributed by atoms with Crippen LogP contribution in [-0.4, -0.2) is 457 Å². The van der Waals surface area contributed by atoms with E-state index in [2.05, 4.69) is 30.9 Å². The molecule has 27 N–H and O–H groups in total. The number of benzene rings is 1. The van der Waals surface area contributed by atoms with E-state index in [4.69, 9.17) is 81.5 Å². The third kappa shape index (κ3) is 22.6. The molecular formula is C72H109N7O41S2. The van der Waals surface area contributed by atoms with Gasteiger partial charge in [0.05, 0.1) is 69.9 Å². The predicted octanol–water partition coefficient (Wildman–Crippen LogP) is -12.9. The summed E-state index contributed by atoms with van der Waals surface area (Å²) in [6, 6.07) is 3.94. The Hall–Kier alpha value is -5.38. The summed E-state index contributed by atoms with van der Waals surface area (Å²) < 4.78 is 94.2. The van der Waals surface area contributed by atoms with Crippen LogP contribution in [0.25, 0.3) is 11.0 Å². The molecule has 2 aromatic heterocycles. The second kappa shape index (κ2) is 44.6. The summed E-state index contributed by atoms with van der Waals surface area (Å²) in [6.45, 7) is -4.49. The molecule has 14 unspecified atom stereocenters. The van der Waals surface area contributed by atoms with Crippen LogP contribution in [0.2, 0.25) is 0 Å². The standard InChI is InChI=1S/C72H109N7O41S2/c1-3-121-23-35-58-44(92)51(99)70(112-35)117-56-33(20-83)108-67(47(95)40(56)88)116-55-32(19-82)111-69(50(98)43(55)91)120-59-36(113-71(52(100)45(59)93)118-57-34(21-84)109-66(48(96)41(57)89)114-53-30(17-80)107-65(46(94)39(53)87)115-54-31(18-81)110-68(119-58)49(97)42(54)90)24-122-22-29(74-2)62(102)75-12-13-105-14-15-106-64(104)28(10-11-37(85)86)77-61(101)26-7-4-25(5-8-26)6-9-27-16-76-60-38(27)63(103)79-72(73)78-60/h4-5,7-8,16,28-36,39-59,65-71,74,80-84,87-100H,3,6,9-15,17-24H2,1-2H3,(H,75,102)(H,77,101)(H,85,86)(H4,73,76,78,79,103)/t28-,29+,30?,31?,32?,33?,34?,35?,36?,39+,40+,41+,42+,43+,44+,45+,46?,47?,48?,49?,50?,51?,52?,53+,54+,55+,56+,57+,58+,59+,65+,66+,67-,68+,69-,70+,71-/m0/s1. The molecule has 0 aliphatic carbocycles. The SMILES string of the molecule is CCSCC1O[C@@H]2O[C@@H]3C(CO)O[C@@H](O[C@@H]4C(CO)O[C@@H](O[C@@H]5C(CSC[C@@H](NC)C(=O)NCCOCCOC(=O)[C@H](CCC(=O)O)NC(=O)c6ccc(CCc7c[nH]c8nc(N)[nH]c(=O)c78)cc6)O[C@@H](O[C@@H]6C(CO)O[C@H](O[C@@H]7C(CO)O[C@H](O[C@@H]8C(CO)O[C@H](O[C@H]1[C@H](O)C2O)C(O)[C@H]8O)C(O)[C@H]7O)C(O)[C@H]6O)C(O)[C@H]5O)C(O)[C@H]4O)C(O)[C@H]3O. The van der Waals surface area contributed by atoms with Gasteiger partial charge in [-0.1, -0.05) is 19.1 Å². The number of nitrogens with two attached hydrogens (primary N) is 1. The molecule has 24 rings (SSSR count). The molecule has 122 heavy (non-hydrogen) atoms. The Morgan fingerprint density at radius 3 is 1.25 bits per heavy atom. The molecule has 21 aliphatic heterocycles. The Kier molecular flexibility index (Phi) is 35.5. The maximum absolute atomic E-state index is 13.7.